The van der Waals surface area contributed by atoms with Crippen molar-refractivity contribution in [2.75, 3.05) is 7.11 Å². The second kappa shape index (κ2) is 12.2. The lowest BCUT2D eigenvalue weighted by atomic mass is 10.1. The van der Waals surface area contributed by atoms with Crippen LogP contribution in [0.5, 0.6) is 11.8 Å². The lowest BCUT2D eigenvalue weighted by Gasteiger charge is -2.29. The Balaban J connectivity index is 1.37. The van der Waals surface area contributed by atoms with Gasteiger partial charge >= 0.3 is 0 Å². The van der Waals surface area contributed by atoms with Crippen LogP contribution < -0.4 is 9.47 Å². The molecule has 0 saturated heterocycles. The zero-order valence-electron chi connectivity index (χ0n) is 23.9. The monoisotopic (exact) mass is 600 g/mol. The van der Waals surface area contributed by atoms with E-state index in [1.165, 1.54) is 32.6 Å². The summed E-state index contributed by atoms with van der Waals surface area (Å²) in [5, 5.41) is -0.108. The standard InChI is InChI=1S/C30H32ClF3N6O2/c1-5-6-22(40(20-9-10-20)27(31)17(2)30(3,33)34)26-21(32)13-18(14-36-26)15-42-23-11-12-35-28(39-23)24-25(19-7-8-19)37-16-38-29(24)41-4/h6,11-14,16,19-20H,5,7-10,15H2,1-4H3/b22-6-,27-17+. The van der Waals surface area contributed by atoms with Crippen LogP contribution in [0.25, 0.3) is 17.1 Å². The van der Waals surface area contributed by atoms with Gasteiger partial charge in [0.2, 0.25) is 11.8 Å². The molecule has 2 fully saturated rings. The summed E-state index contributed by atoms with van der Waals surface area (Å²) >= 11 is 6.49. The molecule has 3 aromatic rings. The highest BCUT2D eigenvalue weighted by Gasteiger charge is 2.38. The molecule has 2 saturated carbocycles. The summed E-state index contributed by atoms with van der Waals surface area (Å²) in [5.74, 6) is -2.39. The van der Waals surface area contributed by atoms with E-state index < -0.39 is 11.7 Å². The third-order valence-corrected chi connectivity index (χ3v) is 7.59. The summed E-state index contributed by atoms with van der Waals surface area (Å²) in [6.07, 6.45) is 10.4. The Bertz CT molecular complexity index is 1520. The van der Waals surface area contributed by atoms with E-state index in [2.05, 4.69) is 24.9 Å². The topological polar surface area (TPSA) is 86.2 Å². The molecule has 0 aliphatic heterocycles. The van der Waals surface area contributed by atoms with Crippen molar-refractivity contribution >= 4 is 17.3 Å². The number of methoxy groups -OCH3 is 1. The summed E-state index contributed by atoms with van der Waals surface area (Å²) in [6, 6.07) is 2.82. The fraction of sp³-hybridized carbons (Fsp3) is 0.433. The van der Waals surface area contributed by atoms with Gasteiger partial charge in [-0.3, -0.25) is 4.98 Å². The van der Waals surface area contributed by atoms with Gasteiger partial charge in [0.25, 0.3) is 5.92 Å². The number of hydrogen-bond donors (Lipinski definition) is 0. The lowest BCUT2D eigenvalue weighted by Crippen LogP contribution is -2.27. The molecule has 3 aromatic heterocycles. The SMILES string of the molecule is CC/C=C(/c1ncc(COc2ccnc(-c3c(OC)ncnc3C3CC3)n2)cc1F)N(/C(Cl)=C(\C)C(C)(F)F)C1CC1. The minimum Gasteiger partial charge on any atom is -0.480 e. The number of halogens is 4. The minimum absolute atomic E-state index is 0.0143. The van der Waals surface area contributed by atoms with Gasteiger partial charge in [0.05, 0.1) is 18.5 Å². The Hall–Kier alpha value is -3.73. The molecule has 0 aromatic carbocycles. The molecule has 3 heterocycles. The Morgan fingerprint density at radius 1 is 1.17 bits per heavy atom. The molecule has 2 aliphatic rings. The van der Waals surface area contributed by atoms with E-state index in [1.807, 2.05) is 6.92 Å². The molecule has 8 nitrogen and oxygen atoms in total. The lowest BCUT2D eigenvalue weighted by molar-refractivity contribution is 0.0613. The highest BCUT2D eigenvalue weighted by molar-refractivity contribution is 6.30. The van der Waals surface area contributed by atoms with E-state index in [-0.39, 0.29) is 35.0 Å². The van der Waals surface area contributed by atoms with Gasteiger partial charge in [-0.15, -0.1) is 0 Å². The highest BCUT2D eigenvalue weighted by atomic mass is 35.5. The summed E-state index contributed by atoms with van der Waals surface area (Å²) in [5.41, 5.74) is 2.05. The van der Waals surface area contributed by atoms with Crippen LogP contribution in [0.15, 0.2) is 47.7 Å². The van der Waals surface area contributed by atoms with Crippen LogP contribution in [0.1, 0.15) is 75.7 Å². The molecule has 0 radical (unpaired) electrons. The van der Waals surface area contributed by atoms with Crippen LogP contribution >= 0.6 is 11.6 Å². The second-order valence-corrected chi connectivity index (χ2v) is 10.9. The molecule has 42 heavy (non-hydrogen) atoms. The number of hydrogen-bond acceptors (Lipinski definition) is 8. The van der Waals surface area contributed by atoms with E-state index in [1.54, 1.807) is 23.2 Å². The molecule has 0 bridgehead atoms. The van der Waals surface area contributed by atoms with E-state index >= 15 is 4.39 Å². The first kappa shape index (κ1) is 29.8. The Kier molecular flexibility index (Phi) is 8.68. The average molecular weight is 601 g/mol. The molecule has 0 atom stereocenters. The van der Waals surface area contributed by atoms with Gasteiger partial charge in [0, 0.05) is 48.5 Å². The number of ether oxygens (including phenoxy) is 2. The van der Waals surface area contributed by atoms with Gasteiger partial charge in [-0.1, -0.05) is 24.6 Å². The molecule has 0 unspecified atom stereocenters. The molecule has 2 aliphatic carbocycles. The number of aromatic nitrogens is 5. The predicted molar refractivity (Wildman–Crippen MR) is 152 cm³/mol. The summed E-state index contributed by atoms with van der Waals surface area (Å²) in [4.78, 5) is 23.5. The summed E-state index contributed by atoms with van der Waals surface area (Å²) in [7, 11) is 1.53. The van der Waals surface area contributed by atoms with Crippen LogP contribution in [0.4, 0.5) is 13.2 Å². The smallest absolute Gasteiger partial charge is 0.269 e. The molecular weight excluding hydrogens is 569 g/mol. The van der Waals surface area contributed by atoms with Crippen LogP contribution in [0.3, 0.4) is 0 Å². The maximum Gasteiger partial charge on any atom is 0.269 e. The molecule has 222 valence electrons. The molecule has 5 rings (SSSR count). The third-order valence-electron chi connectivity index (χ3n) is 7.13. The van der Waals surface area contributed by atoms with Gasteiger partial charge in [-0.05, 0) is 45.1 Å². The highest BCUT2D eigenvalue weighted by Crippen LogP contribution is 2.45. The van der Waals surface area contributed by atoms with Crippen LogP contribution in [-0.2, 0) is 6.61 Å². The Morgan fingerprint density at radius 3 is 2.55 bits per heavy atom. The second-order valence-electron chi connectivity index (χ2n) is 10.5. The van der Waals surface area contributed by atoms with Crippen LogP contribution in [0, 0.1) is 5.82 Å². The quantitative estimate of drug-likeness (QED) is 0.201. The van der Waals surface area contributed by atoms with E-state index in [0.29, 0.717) is 40.9 Å². The summed E-state index contributed by atoms with van der Waals surface area (Å²) in [6.45, 7) is 3.95. The van der Waals surface area contributed by atoms with Gasteiger partial charge in [0.1, 0.15) is 29.3 Å². The largest absolute Gasteiger partial charge is 0.480 e. The molecule has 0 amide bonds. The maximum absolute atomic E-state index is 15.5. The van der Waals surface area contributed by atoms with Gasteiger partial charge in [-0.25, -0.2) is 28.1 Å². The number of pyridine rings is 1. The summed E-state index contributed by atoms with van der Waals surface area (Å²) < 4.78 is 55.1. The third kappa shape index (κ3) is 6.51. The number of rotatable bonds is 12. The van der Waals surface area contributed by atoms with E-state index in [9.17, 15) is 8.78 Å². The normalized spacial score (nSPS) is 16.2. The van der Waals surface area contributed by atoms with Crippen molar-refractivity contribution in [1.82, 2.24) is 29.8 Å². The fourth-order valence-corrected chi connectivity index (χ4v) is 4.91. The van der Waals surface area contributed by atoms with Crippen molar-refractivity contribution in [3.05, 3.63) is 70.4 Å². The van der Waals surface area contributed by atoms with Gasteiger partial charge < -0.3 is 14.4 Å². The number of nitrogens with zero attached hydrogens (tertiary/aromatic N) is 6. The molecular formula is C30H32ClF3N6O2. The van der Waals surface area contributed by atoms with Crippen molar-refractivity contribution in [3.63, 3.8) is 0 Å². The first-order chi connectivity index (χ1) is 20.1. The van der Waals surface area contributed by atoms with Gasteiger partial charge in [0.15, 0.2) is 11.6 Å². The predicted octanol–water partition coefficient (Wildman–Crippen LogP) is 7.27. The first-order valence-corrected chi connectivity index (χ1v) is 14.2. The van der Waals surface area contributed by atoms with E-state index in [4.69, 9.17) is 21.1 Å². The maximum atomic E-state index is 15.5. The Morgan fingerprint density at radius 2 is 1.93 bits per heavy atom. The van der Waals surface area contributed by atoms with Crippen LogP contribution in [-0.4, -0.2) is 48.9 Å². The van der Waals surface area contributed by atoms with Crippen molar-refractivity contribution in [2.45, 2.75) is 77.4 Å². The van der Waals surface area contributed by atoms with Crippen molar-refractivity contribution in [2.24, 2.45) is 0 Å². The average Bonchev–Trinajstić information content (AvgIpc) is 3.89. The van der Waals surface area contributed by atoms with Crippen molar-refractivity contribution in [3.8, 4) is 23.1 Å². The van der Waals surface area contributed by atoms with E-state index in [0.717, 1.165) is 38.3 Å². The zero-order valence-corrected chi connectivity index (χ0v) is 24.6. The fourth-order valence-electron chi connectivity index (χ4n) is 4.52. The minimum atomic E-state index is -3.12. The first-order valence-electron chi connectivity index (χ1n) is 13.9. The van der Waals surface area contributed by atoms with Gasteiger partial charge in [-0.2, -0.15) is 4.98 Å². The molecule has 12 heteroatoms. The van der Waals surface area contributed by atoms with Crippen LogP contribution in [0.2, 0.25) is 0 Å². The zero-order chi connectivity index (χ0) is 30.0. The molecule has 0 spiro atoms. The van der Waals surface area contributed by atoms with Crippen molar-refractivity contribution < 1.29 is 22.6 Å². The molecule has 0 N–H and O–H groups in total. The number of alkyl halides is 2. The Labute approximate surface area is 247 Å². The van der Waals surface area contributed by atoms with Crippen molar-refractivity contribution in [1.29, 1.82) is 0 Å². The number of allylic oxidation sites excluding steroid dienone is 2.